The van der Waals surface area contributed by atoms with Crippen LogP contribution in [0, 0.1) is 0 Å². The number of piperidine rings is 1. The van der Waals surface area contributed by atoms with E-state index in [2.05, 4.69) is 4.90 Å². The second-order valence-electron chi connectivity index (χ2n) is 5.23. The number of alkyl halides is 3. The smallest absolute Gasteiger partial charge is 0.371 e. The van der Waals surface area contributed by atoms with Crippen LogP contribution in [0.3, 0.4) is 0 Å². The highest BCUT2D eigenvalue weighted by Gasteiger charge is 2.31. The summed E-state index contributed by atoms with van der Waals surface area (Å²) in [7, 11) is 4.09. The lowest BCUT2D eigenvalue weighted by molar-refractivity contribution is -0.137. The summed E-state index contributed by atoms with van der Waals surface area (Å²) in [4.78, 5) is 4.22. The molecule has 5 heteroatoms. The standard InChI is InChI=1S/C14H19F3N2/c1-18(2)12-6-8-19(9-7-12)13-5-3-4-11(10-13)14(15,16)17/h3-5,10,12H,6-9H2,1-2H3. The molecule has 2 nitrogen and oxygen atoms in total. The molecule has 106 valence electrons. The lowest BCUT2D eigenvalue weighted by atomic mass is 10.0. The number of halogens is 3. The van der Waals surface area contributed by atoms with Crippen LogP contribution in [0.4, 0.5) is 18.9 Å². The molecule has 0 amide bonds. The Hall–Kier alpha value is -1.23. The van der Waals surface area contributed by atoms with Gasteiger partial charge >= 0.3 is 6.18 Å². The van der Waals surface area contributed by atoms with Crippen LogP contribution < -0.4 is 4.90 Å². The Kier molecular flexibility index (Phi) is 4.04. The SMILES string of the molecule is CN(C)C1CCN(c2cccc(C(F)(F)F)c2)CC1. The van der Waals surface area contributed by atoms with Crippen molar-refractivity contribution in [3.63, 3.8) is 0 Å². The van der Waals surface area contributed by atoms with Crippen molar-refractivity contribution in [2.75, 3.05) is 32.1 Å². The fourth-order valence-electron chi connectivity index (χ4n) is 2.52. The van der Waals surface area contributed by atoms with Gasteiger partial charge < -0.3 is 9.80 Å². The van der Waals surface area contributed by atoms with Gasteiger partial charge in [-0.15, -0.1) is 0 Å². The van der Waals surface area contributed by atoms with Crippen molar-refractivity contribution in [2.45, 2.75) is 25.1 Å². The summed E-state index contributed by atoms with van der Waals surface area (Å²) in [6.45, 7) is 1.62. The third-order valence-corrected chi connectivity index (χ3v) is 3.73. The van der Waals surface area contributed by atoms with Gasteiger partial charge in [0.15, 0.2) is 0 Å². The first-order valence-corrected chi connectivity index (χ1v) is 6.46. The second-order valence-corrected chi connectivity index (χ2v) is 5.23. The van der Waals surface area contributed by atoms with Crippen molar-refractivity contribution in [3.8, 4) is 0 Å². The Labute approximate surface area is 111 Å². The van der Waals surface area contributed by atoms with E-state index < -0.39 is 11.7 Å². The molecular formula is C14H19F3N2. The molecule has 0 atom stereocenters. The molecule has 0 radical (unpaired) electrons. The van der Waals surface area contributed by atoms with E-state index >= 15 is 0 Å². The normalized spacial score (nSPS) is 18.1. The average Bonchev–Trinajstić information content (AvgIpc) is 2.38. The lowest BCUT2D eigenvalue weighted by Crippen LogP contribution is -2.42. The van der Waals surface area contributed by atoms with Crippen molar-refractivity contribution in [2.24, 2.45) is 0 Å². The van der Waals surface area contributed by atoms with E-state index in [4.69, 9.17) is 0 Å². The monoisotopic (exact) mass is 272 g/mol. The van der Waals surface area contributed by atoms with E-state index in [-0.39, 0.29) is 0 Å². The number of anilines is 1. The van der Waals surface area contributed by atoms with Crippen LogP contribution in [0.5, 0.6) is 0 Å². The number of hydrogen-bond acceptors (Lipinski definition) is 2. The van der Waals surface area contributed by atoms with Crippen LogP contribution in [0.1, 0.15) is 18.4 Å². The number of rotatable bonds is 2. The molecule has 19 heavy (non-hydrogen) atoms. The molecule has 0 aromatic heterocycles. The summed E-state index contributed by atoms with van der Waals surface area (Å²) < 4.78 is 38.0. The number of hydrogen-bond donors (Lipinski definition) is 0. The van der Waals surface area contributed by atoms with Gasteiger partial charge in [-0.2, -0.15) is 13.2 Å². The predicted molar refractivity (Wildman–Crippen MR) is 70.4 cm³/mol. The van der Waals surface area contributed by atoms with Crippen LogP contribution in [-0.4, -0.2) is 38.1 Å². The van der Waals surface area contributed by atoms with Crippen molar-refractivity contribution in [3.05, 3.63) is 29.8 Å². The highest BCUT2D eigenvalue weighted by molar-refractivity contribution is 5.49. The molecule has 1 heterocycles. The Balaban J connectivity index is 2.08. The van der Waals surface area contributed by atoms with Crippen molar-refractivity contribution >= 4 is 5.69 Å². The van der Waals surface area contributed by atoms with Gasteiger partial charge in [0, 0.05) is 24.8 Å². The van der Waals surface area contributed by atoms with Crippen LogP contribution in [0.25, 0.3) is 0 Å². The van der Waals surface area contributed by atoms with E-state index in [9.17, 15) is 13.2 Å². The first kappa shape index (κ1) is 14.2. The minimum Gasteiger partial charge on any atom is -0.371 e. The zero-order valence-electron chi connectivity index (χ0n) is 11.2. The van der Waals surface area contributed by atoms with E-state index in [1.54, 1.807) is 6.07 Å². The summed E-state index contributed by atoms with van der Waals surface area (Å²) in [6, 6.07) is 6.13. The lowest BCUT2D eigenvalue weighted by Gasteiger charge is -2.36. The van der Waals surface area contributed by atoms with Gasteiger partial charge in [-0.1, -0.05) is 6.07 Å². The van der Waals surface area contributed by atoms with E-state index in [0.717, 1.165) is 32.0 Å². The van der Waals surface area contributed by atoms with Gasteiger partial charge in [0.1, 0.15) is 0 Å². The first-order valence-electron chi connectivity index (χ1n) is 6.46. The van der Waals surface area contributed by atoms with Crippen molar-refractivity contribution < 1.29 is 13.2 Å². The maximum absolute atomic E-state index is 12.7. The first-order chi connectivity index (χ1) is 8.88. The fourth-order valence-corrected chi connectivity index (χ4v) is 2.52. The van der Waals surface area contributed by atoms with Crippen LogP contribution in [0.2, 0.25) is 0 Å². The van der Waals surface area contributed by atoms with Crippen molar-refractivity contribution in [1.82, 2.24) is 4.90 Å². The van der Waals surface area contributed by atoms with Gasteiger partial charge in [-0.05, 0) is 45.1 Å². The Morgan fingerprint density at radius 2 is 1.79 bits per heavy atom. The zero-order chi connectivity index (χ0) is 14.0. The minimum atomic E-state index is -4.27. The topological polar surface area (TPSA) is 6.48 Å². The number of benzene rings is 1. The molecule has 1 aromatic carbocycles. The average molecular weight is 272 g/mol. The quantitative estimate of drug-likeness (QED) is 0.815. The van der Waals surface area contributed by atoms with Crippen molar-refractivity contribution in [1.29, 1.82) is 0 Å². The fraction of sp³-hybridized carbons (Fsp3) is 0.571. The van der Waals surface area contributed by atoms with Gasteiger partial charge in [0.2, 0.25) is 0 Å². The maximum Gasteiger partial charge on any atom is 0.416 e. The van der Waals surface area contributed by atoms with Gasteiger partial charge in [0.25, 0.3) is 0 Å². The third kappa shape index (κ3) is 3.41. The summed E-state index contributed by atoms with van der Waals surface area (Å²) in [6.07, 6.45) is -2.29. The highest BCUT2D eigenvalue weighted by atomic mass is 19.4. The predicted octanol–water partition coefficient (Wildman–Crippen LogP) is 3.24. The van der Waals surface area contributed by atoms with Crippen LogP contribution in [-0.2, 0) is 6.18 Å². The number of nitrogens with zero attached hydrogens (tertiary/aromatic N) is 2. The molecule has 2 rings (SSSR count). The molecule has 0 aliphatic carbocycles. The largest absolute Gasteiger partial charge is 0.416 e. The van der Waals surface area contributed by atoms with Crippen LogP contribution in [0.15, 0.2) is 24.3 Å². The van der Waals surface area contributed by atoms with Gasteiger partial charge in [-0.3, -0.25) is 0 Å². The Morgan fingerprint density at radius 3 is 2.32 bits per heavy atom. The molecule has 1 aliphatic heterocycles. The summed E-state index contributed by atoms with van der Waals surface area (Å²) in [5, 5.41) is 0. The molecule has 1 saturated heterocycles. The zero-order valence-corrected chi connectivity index (χ0v) is 11.2. The molecule has 1 fully saturated rings. The van der Waals surface area contributed by atoms with Crippen LogP contribution >= 0.6 is 0 Å². The second kappa shape index (κ2) is 5.41. The van der Waals surface area contributed by atoms with E-state index in [1.807, 2.05) is 19.0 Å². The van der Waals surface area contributed by atoms with Gasteiger partial charge in [0.05, 0.1) is 5.56 Å². The van der Waals surface area contributed by atoms with Gasteiger partial charge in [-0.25, -0.2) is 0 Å². The molecule has 1 aliphatic rings. The Morgan fingerprint density at radius 1 is 1.16 bits per heavy atom. The molecular weight excluding hydrogens is 253 g/mol. The molecule has 0 unspecified atom stereocenters. The summed E-state index contributed by atoms with van der Waals surface area (Å²) in [5.74, 6) is 0. The molecule has 0 spiro atoms. The molecule has 1 aromatic rings. The molecule has 0 saturated carbocycles. The molecule has 0 N–H and O–H groups in total. The minimum absolute atomic E-state index is 0.530. The highest BCUT2D eigenvalue weighted by Crippen LogP contribution is 2.32. The third-order valence-electron chi connectivity index (χ3n) is 3.73. The molecule has 0 bridgehead atoms. The van der Waals surface area contributed by atoms with E-state index in [1.165, 1.54) is 12.1 Å². The summed E-state index contributed by atoms with van der Waals surface area (Å²) >= 11 is 0. The maximum atomic E-state index is 12.7. The van der Waals surface area contributed by atoms with E-state index in [0.29, 0.717) is 11.7 Å². The summed E-state index contributed by atoms with van der Waals surface area (Å²) in [5.41, 5.74) is 0.103. The Bertz CT molecular complexity index is 421.